The van der Waals surface area contributed by atoms with Gasteiger partial charge in [-0.25, -0.2) is 0 Å². The third kappa shape index (κ3) is 2.68. The minimum atomic E-state index is -0.357. The van der Waals surface area contributed by atoms with Crippen molar-refractivity contribution < 1.29 is 18.9 Å². The van der Waals surface area contributed by atoms with Gasteiger partial charge in [0.05, 0.1) is 20.3 Å². The standard InChI is InChI=1S/C33H37NO4/c1-34-15-14-32-28-24-10-11-26(35-2)29(28)38-30(32)33(36-3)13-12-31(32,27(34)17-24)18-25(33)20-37-19-21-8-9-22-6-4-5-7-23(22)16-21/h4-11,16,25,27,30H,12-15,17-20H2,1-3H3/t25-,27-,30-,31?,32?,33-/m1/s1. The van der Waals surface area contributed by atoms with Crippen LogP contribution in [0, 0.1) is 11.3 Å². The summed E-state index contributed by atoms with van der Waals surface area (Å²) >= 11 is 0. The molecule has 9 rings (SSSR count). The average Bonchev–Trinajstić information content (AvgIpc) is 3.32. The molecule has 2 heterocycles. The fourth-order valence-corrected chi connectivity index (χ4v) is 9.82. The maximum absolute atomic E-state index is 7.08. The molecule has 3 aromatic rings. The molecule has 3 aromatic carbocycles. The van der Waals surface area contributed by atoms with Gasteiger partial charge in [0.15, 0.2) is 11.5 Å². The highest BCUT2D eigenvalue weighted by Gasteiger charge is 2.80. The summed E-state index contributed by atoms with van der Waals surface area (Å²) in [6, 6.07) is 20.1. The molecule has 6 atom stereocenters. The van der Waals surface area contributed by atoms with Gasteiger partial charge in [-0.15, -0.1) is 0 Å². The number of piperidine rings is 1. The number of nitrogens with zero attached hydrogens (tertiary/aromatic N) is 1. The van der Waals surface area contributed by atoms with E-state index >= 15 is 0 Å². The molecule has 5 nitrogen and oxygen atoms in total. The van der Waals surface area contributed by atoms with Crippen LogP contribution < -0.4 is 9.47 Å². The van der Waals surface area contributed by atoms with E-state index in [1.165, 1.54) is 33.9 Å². The summed E-state index contributed by atoms with van der Waals surface area (Å²) in [6.45, 7) is 2.41. The van der Waals surface area contributed by atoms with Gasteiger partial charge in [-0.2, -0.15) is 0 Å². The second kappa shape index (κ2) is 7.97. The van der Waals surface area contributed by atoms with E-state index in [4.69, 9.17) is 18.9 Å². The van der Waals surface area contributed by atoms with Crippen molar-refractivity contribution in [2.24, 2.45) is 11.3 Å². The Kier molecular flexibility index (Phi) is 4.89. The van der Waals surface area contributed by atoms with Crippen molar-refractivity contribution in [3.63, 3.8) is 0 Å². The summed E-state index contributed by atoms with van der Waals surface area (Å²) in [5, 5.41) is 2.53. The zero-order valence-corrected chi connectivity index (χ0v) is 22.7. The summed E-state index contributed by atoms with van der Waals surface area (Å²) in [4.78, 5) is 2.64. The zero-order chi connectivity index (χ0) is 25.7. The first kappa shape index (κ1) is 23.3. The molecule has 0 aromatic heterocycles. The van der Waals surface area contributed by atoms with Crippen LogP contribution >= 0.6 is 0 Å². The number of fused-ring (bicyclic) bond motifs is 3. The van der Waals surface area contributed by atoms with Crippen molar-refractivity contribution in [2.45, 2.75) is 61.9 Å². The lowest BCUT2D eigenvalue weighted by Crippen LogP contribution is -2.81. The van der Waals surface area contributed by atoms with Gasteiger partial charge in [-0.1, -0.05) is 42.5 Å². The van der Waals surface area contributed by atoms with E-state index in [0.29, 0.717) is 19.3 Å². The van der Waals surface area contributed by atoms with Crippen LogP contribution in [-0.4, -0.2) is 57.1 Å². The van der Waals surface area contributed by atoms with Crippen molar-refractivity contribution >= 4 is 10.8 Å². The number of likely N-dealkylation sites (N-methyl/N-ethyl adjacent to an activating group) is 1. The van der Waals surface area contributed by atoms with Crippen LogP contribution in [0.3, 0.4) is 0 Å². The molecule has 4 fully saturated rings. The maximum Gasteiger partial charge on any atom is 0.165 e. The lowest BCUT2D eigenvalue weighted by atomic mass is 9.35. The average molecular weight is 512 g/mol. The molecule has 4 aliphatic carbocycles. The molecule has 5 heteroatoms. The minimum Gasteiger partial charge on any atom is -0.493 e. The lowest BCUT2D eigenvalue weighted by molar-refractivity contribution is -0.282. The van der Waals surface area contributed by atoms with Crippen molar-refractivity contribution in [3.8, 4) is 11.5 Å². The first-order chi connectivity index (χ1) is 18.6. The fraction of sp³-hybridized carbons (Fsp3) is 0.515. The van der Waals surface area contributed by atoms with E-state index < -0.39 is 0 Å². The number of hydrogen-bond donors (Lipinski definition) is 0. The molecular formula is C33H37NO4. The summed E-state index contributed by atoms with van der Waals surface area (Å²) in [5.41, 5.74) is 3.93. The predicted molar refractivity (Wildman–Crippen MR) is 147 cm³/mol. The van der Waals surface area contributed by atoms with Crippen LogP contribution in [0.1, 0.15) is 42.4 Å². The SMILES string of the molecule is COc1ccc2c3c1O[C@@H]1C34CCN(C)[C@H](C2)C42CC[C@@]1(OC)[C@@H](COCc1ccc3ccccc3c1)C2. The molecule has 6 aliphatic rings. The fourth-order valence-electron chi connectivity index (χ4n) is 9.82. The molecule has 2 unspecified atom stereocenters. The summed E-state index contributed by atoms with van der Waals surface area (Å²) in [5.74, 6) is 2.15. The molecule has 1 saturated heterocycles. The monoisotopic (exact) mass is 511 g/mol. The van der Waals surface area contributed by atoms with Crippen molar-refractivity contribution in [3.05, 3.63) is 71.3 Å². The zero-order valence-electron chi connectivity index (χ0n) is 22.7. The Labute approximate surface area is 225 Å². The minimum absolute atomic E-state index is 0.00156. The van der Waals surface area contributed by atoms with Crippen molar-refractivity contribution in [1.29, 1.82) is 0 Å². The van der Waals surface area contributed by atoms with Gasteiger partial charge in [0.25, 0.3) is 0 Å². The van der Waals surface area contributed by atoms with Gasteiger partial charge in [0.2, 0.25) is 0 Å². The van der Waals surface area contributed by atoms with E-state index in [1.807, 2.05) is 7.11 Å². The highest BCUT2D eigenvalue weighted by molar-refractivity contribution is 5.82. The number of methoxy groups -OCH3 is 2. The van der Waals surface area contributed by atoms with Crippen LogP contribution in [0.15, 0.2) is 54.6 Å². The topological polar surface area (TPSA) is 40.2 Å². The van der Waals surface area contributed by atoms with Gasteiger partial charge in [0, 0.05) is 35.5 Å². The van der Waals surface area contributed by atoms with Gasteiger partial charge in [-0.3, -0.25) is 0 Å². The highest BCUT2D eigenvalue weighted by atomic mass is 16.6. The third-order valence-corrected chi connectivity index (χ3v) is 11.4. The van der Waals surface area contributed by atoms with Crippen LogP contribution in [0.2, 0.25) is 0 Å². The number of ether oxygens (including phenoxy) is 4. The lowest BCUT2D eigenvalue weighted by Gasteiger charge is -2.73. The summed E-state index contributed by atoms with van der Waals surface area (Å²) in [7, 11) is 6.01. The second-order valence-electron chi connectivity index (χ2n) is 12.5. The maximum atomic E-state index is 7.08. The summed E-state index contributed by atoms with van der Waals surface area (Å²) < 4.78 is 26.1. The molecule has 2 aliphatic heterocycles. The molecular weight excluding hydrogens is 474 g/mol. The van der Waals surface area contributed by atoms with E-state index in [0.717, 1.165) is 43.7 Å². The van der Waals surface area contributed by atoms with Gasteiger partial charge in [-0.05, 0) is 79.7 Å². The molecule has 0 amide bonds. The predicted octanol–water partition coefficient (Wildman–Crippen LogP) is 5.51. The molecule has 4 bridgehead atoms. The van der Waals surface area contributed by atoms with E-state index in [9.17, 15) is 0 Å². The van der Waals surface area contributed by atoms with Crippen LogP contribution in [0.5, 0.6) is 11.5 Å². The number of benzene rings is 3. The third-order valence-electron chi connectivity index (χ3n) is 11.4. The highest BCUT2D eigenvalue weighted by Crippen LogP contribution is 2.76. The Balaban J connectivity index is 1.17. The van der Waals surface area contributed by atoms with Crippen molar-refractivity contribution in [2.75, 3.05) is 34.4 Å². The van der Waals surface area contributed by atoms with Crippen LogP contribution in [-0.2, 0) is 27.9 Å². The van der Waals surface area contributed by atoms with Crippen LogP contribution in [0.25, 0.3) is 10.8 Å². The van der Waals surface area contributed by atoms with Gasteiger partial charge in [0.1, 0.15) is 11.7 Å². The van der Waals surface area contributed by atoms with E-state index in [-0.39, 0.29) is 28.5 Å². The first-order valence-corrected chi connectivity index (χ1v) is 14.2. The number of rotatable bonds is 6. The van der Waals surface area contributed by atoms with Crippen molar-refractivity contribution in [1.82, 2.24) is 4.90 Å². The molecule has 198 valence electrons. The van der Waals surface area contributed by atoms with E-state index in [1.54, 1.807) is 7.11 Å². The Hall–Kier alpha value is -2.60. The summed E-state index contributed by atoms with van der Waals surface area (Å²) in [6.07, 6.45) is 5.55. The number of likely N-dealkylation sites (tertiary alicyclic amines) is 1. The molecule has 3 saturated carbocycles. The Morgan fingerprint density at radius 1 is 1.00 bits per heavy atom. The van der Waals surface area contributed by atoms with Gasteiger partial charge >= 0.3 is 0 Å². The normalized spacial score (nSPS) is 36.2. The molecule has 0 N–H and O–H groups in total. The van der Waals surface area contributed by atoms with Crippen LogP contribution in [0.4, 0.5) is 0 Å². The Bertz CT molecular complexity index is 1440. The quantitative estimate of drug-likeness (QED) is 0.437. The first-order valence-electron chi connectivity index (χ1n) is 14.2. The molecule has 38 heavy (non-hydrogen) atoms. The molecule has 2 spiro atoms. The number of hydrogen-bond acceptors (Lipinski definition) is 5. The molecule has 0 radical (unpaired) electrons. The Morgan fingerprint density at radius 2 is 1.87 bits per heavy atom. The van der Waals surface area contributed by atoms with E-state index in [2.05, 4.69) is 66.5 Å². The Morgan fingerprint density at radius 3 is 2.71 bits per heavy atom. The second-order valence-corrected chi connectivity index (χ2v) is 12.5. The largest absolute Gasteiger partial charge is 0.493 e. The smallest absolute Gasteiger partial charge is 0.165 e. The van der Waals surface area contributed by atoms with Gasteiger partial charge < -0.3 is 23.8 Å².